The number of ether oxygens (including phenoxy) is 12. The Hall–Kier alpha value is -5.23. The van der Waals surface area contributed by atoms with E-state index in [4.69, 9.17) is 56.8 Å². The first-order valence-corrected chi connectivity index (χ1v) is 25.6. The van der Waals surface area contributed by atoms with Crippen molar-refractivity contribution in [3.8, 4) is 28.3 Å². The first-order chi connectivity index (χ1) is 36.4. The first-order valence-electron chi connectivity index (χ1n) is 25.6. The van der Waals surface area contributed by atoms with Gasteiger partial charge in [-0.15, -0.1) is 5.10 Å². The van der Waals surface area contributed by atoms with Gasteiger partial charge in [0.25, 0.3) is 0 Å². The summed E-state index contributed by atoms with van der Waals surface area (Å²) in [7, 11) is 1.55. The third kappa shape index (κ3) is 23.5. The summed E-state index contributed by atoms with van der Waals surface area (Å²) >= 11 is 0. The summed E-state index contributed by atoms with van der Waals surface area (Å²) in [5.74, 6) is 0.485. The van der Waals surface area contributed by atoms with Crippen molar-refractivity contribution < 1.29 is 71.2 Å². The highest BCUT2D eigenvalue weighted by Crippen LogP contribution is 2.41. The van der Waals surface area contributed by atoms with Crippen LogP contribution >= 0.6 is 0 Å². The molecule has 0 spiro atoms. The van der Waals surface area contributed by atoms with Crippen molar-refractivity contribution in [3.63, 3.8) is 0 Å². The number of methoxy groups -OCH3 is 1. The molecule has 0 saturated carbocycles. The number of nitrogens with zero attached hydrogens (tertiary/aromatic N) is 4. The van der Waals surface area contributed by atoms with E-state index in [0.717, 1.165) is 39.3 Å². The summed E-state index contributed by atoms with van der Waals surface area (Å²) < 4.78 is 68.3. The van der Waals surface area contributed by atoms with Crippen molar-refractivity contribution >= 4 is 23.3 Å². The molecule has 0 atom stereocenters. The second-order valence-electron chi connectivity index (χ2n) is 16.9. The summed E-state index contributed by atoms with van der Waals surface area (Å²) in [5, 5.41) is 12.0. The Labute approximate surface area is 435 Å². The molecule has 5 rings (SSSR count). The molecule has 1 aliphatic heterocycles. The van der Waals surface area contributed by atoms with Gasteiger partial charge in [-0.2, -0.15) is 0 Å². The maximum atomic E-state index is 13.8. The van der Waals surface area contributed by atoms with E-state index in [0.29, 0.717) is 170 Å². The highest BCUT2D eigenvalue weighted by atomic mass is 16.6. The molecule has 0 radical (unpaired) electrons. The number of carbonyl (C=O) groups excluding carboxylic acids is 3. The topological polar surface area (TPSA) is 208 Å². The molecular formula is C54H77N5O15. The van der Waals surface area contributed by atoms with Crippen molar-refractivity contribution in [2.24, 2.45) is 0 Å². The van der Waals surface area contributed by atoms with Crippen LogP contribution in [0.3, 0.4) is 0 Å². The SMILES string of the molecule is COCCC(=O)NCCC(=O)N1Cc2ccccc2-c2nnn(CCOCCOCCOCCOCCOCCOCCOCCOCCOCCOCCCC(=O)COc3ccc(C)cc3)c2-c2ccccc21. The molecule has 2 amide bonds. The molecule has 1 aromatic heterocycles. The largest absolute Gasteiger partial charge is 0.486 e. The molecule has 20 nitrogen and oxygen atoms in total. The van der Waals surface area contributed by atoms with Crippen molar-refractivity contribution in [3.05, 3.63) is 83.9 Å². The summed E-state index contributed by atoms with van der Waals surface area (Å²) in [6, 6.07) is 23.3. The summed E-state index contributed by atoms with van der Waals surface area (Å²) in [6.07, 6.45) is 1.45. The van der Waals surface area contributed by atoms with Gasteiger partial charge in [-0.1, -0.05) is 65.4 Å². The molecule has 1 N–H and O–H groups in total. The van der Waals surface area contributed by atoms with E-state index < -0.39 is 0 Å². The molecule has 20 heteroatoms. The molecule has 74 heavy (non-hydrogen) atoms. The molecule has 408 valence electrons. The van der Waals surface area contributed by atoms with Gasteiger partial charge in [0.15, 0.2) is 5.78 Å². The van der Waals surface area contributed by atoms with Gasteiger partial charge < -0.3 is 67.1 Å². The van der Waals surface area contributed by atoms with Crippen LogP contribution in [0.1, 0.15) is 36.8 Å². The summed E-state index contributed by atoms with van der Waals surface area (Å²) in [4.78, 5) is 39.7. The number of anilines is 1. The van der Waals surface area contributed by atoms with Crippen LogP contribution in [-0.2, 0) is 79.6 Å². The van der Waals surface area contributed by atoms with Gasteiger partial charge in [0, 0.05) is 50.7 Å². The number of aryl methyl sites for hydroxylation is 1. The smallest absolute Gasteiger partial charge is 0.229 e. The normalized spacial score (nSPS) is 11.9. The van der Waals surface area contributed by atoms with Crippen LogP contribution in [0.4, 0.5) is 5.69 Å². The van der Waals surface area contributed by atoms with Crippen molar-refractivity contribution in [1.29, 1.82) is 0 Å². The number of ketones is 1. The van der Waals surface area contributed by atoms with Crippen LogP contribution in [0.25, 0.3) is 22.5 Å². The zero-order valence-electron chi connectivity index (χ0n) is 43.3. The minimum Gasteiger partial charge on any atom is -0.486 e. The monoisotopic (exact) mass is 1040 g/mol. The number of rotatable bonds is 43. The van der Waals surface area contributed by atoms with E-state index in [9.17, 15) is 14.4 Å². The Bertz CT molecular complexity index is 2160. The number of nitrogens with one attached hydrogen (secondary N) is 1. The molecule has 4 aromatic rings. The Morgan fingerprint density at radius 1 is 0.554 bits per heavy atom. The maximum absolute atomic E-state index is 13.8. The average Bonchev–Trinajstić information content (AvgIpc) is 3.83. The van der Waals surface area contributed by atoms with Gasteiger partial charge in [-0.25, -0.2) is 4.68 Å². The van der Waals surface area contributed by atoms with Gasteiger partial charge in [-0.3, -0.25) is 14.4 Å². The standard InChI is InChI=1S/C54H77N5O15/c1-44-13-15-47(16-14-44)74-43-46(60)9-7-21-64-24-26-66-28-30-68-32-34-70-36-38-72-40-41-73-39-37-71-35-33-69-31-29-67-27-25-65-23-20-59-54-49-11-5-6-12-50(49)58(52(62)17-19-55-51(61)18-22-63-2)42-45-8-3-4-10-48(45)53(54)56-57-59/h3-6,8,10-16H,7,9,17-43H2,1-2H3,(H,55,61). The summed E-state index contributed by atoms with van der Waals surface area (Å²) in [5.41, 5.74) is 6.12. The molecule has 0 unspecified atom stereocenters. The molecule has 1 aliphatic rings. The third-order valence-electron chi connectivity index (χ3n) is 11.2. The van der Waals surface area contributed by atoms with Crippen molar-refractivity contribution in [2.75, 3.05) is 164 Å². The maximum Gasteiger partial charge on any atom is 0.229 e. The number of benzene rings is 3. The lowest BCUT2D eigenvalue weighted by Crippen LogP contribution is -2.35. The van der Waals surface area contributed by atoms with Gasteiger partial charge in [0.05, 0.1) is 157 Å². The highest BCUT2D eigenvalue weighted by molar-refractivity contribution is 6.00. The lowest BCUT2D eigenvalue weighted by molar-refractivity contribution is -0.123. The Morgan fingerprint density at radius 3 is 1.61 bits per heavy atom. The number of para-hydroxylation sites is 1. The fourth-order valence-corrected chi connectivity index (χ4v) is 7.40. The van der Waals surface area contributed by atoms with Gasteiger partial charge in [-0.05, 0) is 37.1 Å². The minimum atomic E-state index is -0.157. The number of hydrogen-bond acceptors (Lipinski definition) is 17. The molecule has 0 bridgehead atoms. The Balaban J connectivity index is 0.778. The van der Waals surface area contributed by atoms with Crippen molar-refractivity contribution in [2.45, 2.75) is 45.7 Å². The van der Waals surface area contributed by atoms with E-state index in [2.05, 4.69) is 15.6 Å². The number of aromatic nitrogens is 3. The number of fused-ring (bicyclic) bond motifs is 5. The quantitative estimate of drug-likeness (QED) is 0.0585. The minimum absolute atomic E-state index is 0.0516. The first kappa shape index (κ1) is 59.6. The predicted molar refractivity (Wildman–Crippen MR) is 275 cm³/mol. The van der Waals surface area contributed by atoms with Crippen LogP contribution < -0.4 is 15.0 Å². The fraction of sp³-hybridized carbons (Fsp3) is 0.574. The van der Waals surface area contributed by atoms with E-state index in [1.54, 1.807) is 12.0 Å². The number of amides is 2. The fourth-order valence-electron chi connectivity index (χ4n) is 7.40. The van der Waals surface area contributed by atoms with Crippen LogP contribution in [0.5, 0.6) is 5.75 Å². The molecule has 0 aliphatic carbocycles. The molecule has 0 saturated heterocycles. The Morgan fingerprint density at radius 2 is 1.05 bits per heavy atom. The molecular weight excluding hydrogens is 959 g/mol. The number of hydrogen-bond donors (Lipinski definition) is 1. The van der Waals surface area contributed by atoms with E-state index >= 15 is 0 Å². The zero-order valence-corrected chi connectivity index (χ0v) is 43.3. The Kier molecular flexibility index (Phi) is 30.2. The van der Waals surface area contributed by atoms with Crippen LogP contribution in [0.2, 0.25) is 0 Å². The molecule has 3 aromatic carbocycles. The van der Waals surface area contributed by atoms with Gasteiger partial charge >= 0.3 is 0 Å². The lowest BCUT2D eigenvalue weighted by atomic mass is 9.95. The third-order valence-corrected chi connectivity index (χ3v) is 11.2. The van der Waals surface area contributed by atoms with Crippen LogP contribution in [0.15, 0.2) is 72.8 Å². The average molecular weight is 1040 g/mol. The zero-order chi connectivity index (χ0) is 52.1. The number of Topliss-reactive ketones (excluding diaryl/α,β-unsaturated/α-hetero) is 1. The van der Waals surface area contributed by atoms with E-state index in [1.165, 1.54) is 0 Å². The predicted octanol–water partition coefficient (Wildman–Crippen LogP) is 4.90. The summed E-state index contributed by atoms with van der Waals surface area (Å²) in [6.45, 7) is 12.5. The van der Waals surface area contributed by atoms with Gasteiger partial charge in [0.2, 0.25) is 11.8 Å². The van der Waals surface area contributed by atoms with Crippen LogP contribution in [-0.4, -0.2) is 192 Å². The van der Waals surface area contributed by atoms with E-state index in [1.807, 2.05) is 84.4 Å². The second-order valence-corrected chi connectivity index (χ2v) is 16.9. The highest BCUT2D eigenvalue weighted by Gasteiger charge is 2.29. The number of carbonyl (C=O) groups is 3. The molecule has 2 heterocycles. The second kappa shape index (κ2) is 37.5. The lowest BCUT2D eigenvalue weighted by Gasteiger charge is -2.29. The van der Waals surface area contributed by atoms with Crippen LogP contribution in [0, 0.1) is 6.92 Å². The van der Waals surface area contributed by atoms with E-state index in [-0.39, 0.29) is 43.6 Å². The van der Waals surface area contributed by atoms with Crippen molar-refractivity contribution in [1.82, 2.24) is 20.3 Å². The molecule has 0 fully saturated rings. The van der Waals surface area contributed by atoms with Gasteiger partial charge in [0.1, 0.15) is 18.1 Å².